The van der Waals surface area contributed by atoms with E-state index in [1.54, 1.807) is 0 Å². The second kappa shape index (κ2) is 7.50. The van der Waals surface area contributed by atoms with Crippen molar-refractivity contribution in [1.29, 1.82) is 0 Å². The lowest BCUT2D eigenvalue weighted by atomic mass is 10.8. The summed E-state index contributed by atoms with van der Waals surface area (Å²) >= 11 is 0. The van der Waals surface area contributed by atoms with Crippen LogP contribution in [0.15, 0.2) is 5.10 Å². The zero-order valence-corrected chi connectivity index (χ0v) is 5.19. The fraction of sp³-hybridized carbons (Fsp3) is 0.333. The third-order valence-corrected chi connectivity index (χ3v) is 0.284. The van der Waals surface area contributed by atoms with Gasteiger partial charge in [-0.2, -0.15) is 0 Å². The van der Waals surface area contributed by atoms with Crippen molar-refractivity contribution in [2.75, 3.05) is 6.61 Å². The Morgan fingerprint density at radius 3 is 1.70 bits per heavy atom. The van der Waals surface area contributed by atoms with Crippen molar-refractivity contribution in [3.8, 4) is 0 Å². The standard InChI is InChI=1S/C2H4O3.CH6N4/c3-1-2(4)5;2-1(3)5-4/h3H,1H2,(H,4,5);4H2,(H4,2,3,5). The van der Waals surface area contributed by atoms with Crippen molar-refractivity contribution < 1.29 is 15.0 Å². The van der Waals surface area contributed by atoms with E-state index in [1.807, 2.05) is 0 Å². The molecule has 7 nitrogen and oxygen atoms in total. The molecule has 0 aliphatic rings. The first-order chi connectivity index (χ1) is 4.54. The second-order valence-electron chi connectivity index (χ2n) is 1.11. The number of hydrazone groups is 1. The van der Waals surface area contributed by atoms with E-state index < -0.39 is 12.6 Å². The maximum Gasteiger partial charge on any atom is 0.329 e. The van der Waals surface area contributed by atoms with Crippen molar-refractivity contribution in [3.05, 3.63) is 0 Å². The number of carboxylic acid groups (broad SMARTS) is 1. The van der Waals surface area contributed by atoms with Crippen molar-refractivity contribution >= 4 is 11.9 Å². The third-order valence-electron chi connectivity index (χ3n) is 0.284. The van der Waals surface area contributed by atoms with Crippen molar-refractivity contribution in [3.63, 3.8) is 0 Å². The first kappa shape index (κ1) is 11.3. The summed E-state index contributed by atoms with van der Waals surface area (Å²) in [5, 5.41) is 17.9. The molecule has 0 aliphatic heterocycles. The number of hydrogen-bond donors (Lipinski definition) is 5. The largest absolute Gasteiger partial charge is 0.480 e. The zero-order valence-electron chi connectivity index (χ0n) is 5.19. The quantitative estimate of drug-likeness (QED) is 0.118. The number of rotatable bonds is 1. The van der Waals surface area contributed by atoms with Gasteiger partial charge in [-0.1, -0.05) is 0 Å². The predicted octanol–water partition coefficient (Wildman–Crippen LogP) is -2.80. The number of nitrogens with two attached hydrogens (primary N) is 3. The molecular weight excluding hydrogens is 140 g/mol. The van der Waals surface area contributed by atoms with Crippen LogP contribution in [0, 0.1) is 0 Å². The molecule has 0 aromatic rings. The molecule has 0 unspecified atom stereocenters. The lowest BCUT2D eigenvalue weighted by molar-refractivity contribution is -0.140. The van der Waals surface area contributed by atoms with E-state index in [0.29, 0.717) is 0 Å². The summed E-state index contributed by atoms with van der Waals surface area (Å²) < 4.78 is 0. The van der Waals surface area contributed by atoms with Crippen LogP contribution in [0.2, 0.25) is 0 Å². The van der Waals surface area contributed by atoms with Gasteiger partial charge in [0, 0.05) is 0 Å². The Balaban J connectivity index is 0. The number of aliphatic hydroxyl groups excluding tert-OH is 1. The minimum Gasteiger partial charge on any atom is -0.480 e. The molecule has 8 N–H and O–H groups in total. The highest BCUT2D eigenvalue weighted by Crippen LogP contribution is 1.48. The van der Waals surface area contributed by atoms with Crippen molar-refractivity contribution in [2.45, 2.75) is 0 Å². The number of guanidine groups is 1. The molecule has 0 aromatic heterocycles. The van der Waals surface area contributed by atoms with E-state index in [4.69, 9.17) is 26.5 Å². The first-order valence-corrected chi connectivity index (χ1v) is 2.16. The Bertz CT molecular complexity index is 119. The highest BCUT2D eigenvalue weighted by molar-refractivity contribution is 5.75. The number of carboxylic acids is 1. The molecule has 7 heteroatoms. The number of hydrogen-bond acceptors (Lipinski definition) is 4. The fourth-order valence-electron chi connectivity index (χ4n) is 0. The summed E-state index contributed by atoms with van der Waals surface area (Å²) in [5.41, 5.74) is 9.39. The summed E-state index contributed by atoms with van der Waals surface area (Å²) in [5.74, 6) is 3.23. The van der Waals surface area contributed by atoms with Gasteiger partial charge in [-0.15, -0.1) is 5.10 Å². The monoisotopic (exact) mass is 150 g/mol. The van der Waals surface area contributed by atoms with Gasteiger partial charge in [-0.05, 0) is 0 Å². The number of nitrogens with zero attached hydrogens (tertiary/aromatic N) is 1. The van der Waals surface area contributed by atoms with Gasteiger partial charge >= 0.3 is 5.97 Å². The molecule has 10 heavy (non-hydrogen) atoms. The predicted molar refractivity (Wildman–Crippen MR) is 34.7 cm³/mol. The molecule has 0 fully saturated rings. The van der Waals surface area contributed by atoms with Gasteiger partial charge in [-0.3, -0.25) is 0 Å². The van der Waals surface area contributed by atoms with E-state index in [-0.39, 0.29) is 5.96 Å². The molecule has 0 rings (SSSR count). The Kier molecular flexibility index (Phi) is 8.49. The van der Waals surface area contributed by atoms with Crippen LogP contribution in [-0.2, 0) is 4.79 Å². The van der Waals surface area contributed by atoms with Crippen LogP contribution in [0.4, 0.5) is 0 Å². The van der Waals surface area contributed by atoms with Crippen LogP contribution in [0.3, 0.4) is 0 Å². The number of aliphatic carboxylic acids is 1. The van der Waals surface area contributed by atoms with E-state index in [2.05, 4.69) is 10.9 Å². The molecule has 0 radical (unpaired) electrons. The van der Waals surface area contributed by atoms with E-state index >= 15 is 0 Å². The van der Waals surface area contributed by atoms with E-state index in [1.165, 1.54) is 0 Å². The van der Waals surface area contributed by atoms with Crippen LogP contribution in [0.1, 0.15) is 0 Å². The molecule has 0 spiro atoms. The Hall–Kier alpha value is -1.50. The molecule has 0 heterocycles. The van der Waals surface area contributed by atoms with Crippen LogP contribution in [0.5, 0.6) is 0 Å². The molecule has 0 bridgehead atoms. The topological polar surface area (TPSA) is 148 Å². The molecule has 0 atom stereocenters. The van der Waals surface area contributed by atoms with Crippen LogP contribution >= 0.6 is 0 Å². The van der Waals surface area contributed by atoms with E-state index in [9.17, 15) is 0 Å². The van der Waals surface area contributed by atoms with Gasteiger partial charge in [-0.25, -0.2) is 4.79 Å². The molecule has 0 amide bonds. The van der Waals surface area contributed by atoms with Gasteiger partial charge in [0.15, 0.2) is 0 Å². The second-order valence-corrected chi connectivity index (χ2v) is 1.11. The van der Waals surface area contributed by atoms with Crippen LogP contribution < -0.4 is 17.3 Å². The van der Waals surface area contributed by atoms with Gasteiger partial charge < -0.3 is 27.5 Å². The summed E-state index contributed by atoms with van der Waals surface area (Å²) in [4.78, 5) is 9.12. The summed E-state index contributed by atoms with van der Waals surface area (Å²) in [6, 6.07) is 0. The third kappa shape index (κ3) is 31.5. The lowest BCUT2D eigenvalue weighted by Gasteiger charge is -1.76. The molecule has 0 aromatic carbocycles. The minimum atomic E-state index is -1.19. The molecular formula is C3H10N4O3. The summed E-state index contributed by atoms with van der Waals surface area (Å²) in [7, 11) is 0. The Morgan fingerprint density at radius 1 is 1.50 bits per heavy atom. The average Bonchev–Trinajstić information content (AvgIpc) is 1.89. The van der Waals surface area contributed by atoms with Crippen LogP contribution in [0.25, 0.3) is 0 Å². The smallest absolute Gasteiger partial charge is 0.329 e. The fourth-order valence-corrected chi connectivity index (χ4v) is 0. The number of aliphatic hydroxyl groups is 1. The lowest BCUT2D eigenvalue weighted by Crippen LogP contribution is -2.23. The molecule has 60 valence electrons. The van der Waals surface area contributed by atoms with Gasteiger partial charge in [0.2, 0.25) is 5.96 Å². The zero-order chi connectivity index (χ0) is 8.57. The highest BCUT2D eigenvalue weighted by atomic mass is 16.4. The summed E-state index contributed by atoms with van der Waals surface area (Å²) in [6.45, 7) is -0.778. The summed E-state index contributed by atoms with van der Waals surface area (Å²) in [6.07, 6.45) is 0. The average molecular weight is 150 g/mol. The SMILES string of the molecule is NN=C(N)N.O=C(O)CO. The Morgan fingerprint density at radius 2 is 1.70 bits per heavy atom. The van der Waals surface area contributed by atoms with E-state index in [0.717, 1.165) is 0 Å². The van der Waals surface area contributed by atoms with Gasteiger partial charge in [0.25, 0.3) is 0 Å². The normalized spacial score (nSPS) is 6.90. The maximum atomic E-state index is 9.12. The molecule has 0 saturated heterocycles. The molecule has 0 aliphatic carbocycles. The maximum absolute atomic E-state index is 9.12. The van der Waals surface area contributed by atoms with Gasteiger partial charge in [0.1, 0.15) is 6.61 Å². The number of carbonyl (C=O) groups is 1. The first-order valence-electron chi connectivity index (χ1n) is 2.16. The molecule has 0 saturated carbocycles. The van der Waals surface area contributed by atoms with Crippen LogP contribution in [-0.4, -0.2) is 28.7 Å². The van der Waals surface area contributed by atoms with Crippen molar-refractivity contribution in [1.82, 2.24) is 0 Å². The van der Waals surface area contributed by atoms with Crippen molar-refractivity contribution in [2.24, 2.45) is 22.4 Å². The van der Waals surface area contributed by atoms with Gasteiger partial charge in [0.05, 0.1) is 0 Å². The Labute approximate surface area is 57.1 Å². The highest BCUT2D eigenvalue weighted by Gasteiger charge is 1.82. The minimum absolute atomic E-state index is 0.0926.